The van der Waals surface area contributed by atoms with Crippen LogP contribution in [0, 0.1) is 5.82 Å². The number of sulfonamides is 1. The Balaban J connectivity index is 1.81. The fraction of sp³-hybridized carbons (Fsp3) is 0.440. The third kappa shape index (κ3) is 7.03. The fourth-order valence-corrected chi connectivity index (χ4v) is 5.03. The predicted octanol–water partition coefficient (Wildman–Crippen LogP) is 3.11. The molecule has 0 bridgehead atoms. The number of hydrogen-bond acceptors (Lipinski definition) is 4. The van der Waals surface area contributed by atoms with Crippen LogP contribution in [0.2, 0.25) is 0 Å². The molecule has 2 aromatic carbocycles. The Bertz CT molecular complexity index is 1070. The molecule has 1 N–H and O–H groups in total. The zero-order valence-corrected chi connectivity index (χ0v) is 20.4. The zero-order chi connectivity index (χ0) is 24.7. The van der Waals surface area contributed by atoms with E-state index < -0.39 is 34.3 Å². The molecule has 9 heteroatoms. The number of amides is 2. The van der Waals surface area contributed by atoms with Crippen LogP contribution in [0.25, 0.3) is 0 Å². The second-order valence-electron chi connectivity index (χ2n) is 8.73. The predicted molar refractivity (Wildman–Crippen MR) is 130 cm³/mol. The van der Waals surface area contributed by atoms with E-state index in [1.807, 2.05) is 30.3 Å². The Morgan fingerprint density at radius 1 is 1.06 bits per heavy atom. The molecule has 34 heavy (non-hydrogen) atoms. The molecule has 2 aromatic rings. The topological polar surface area (TPSA) is 86.8 Å². The largest absolute Gasteiger partial charge is 0.352 e. The van der Waals surface area contributed by atoms with Crippen molar-refractivity contribution in [3.63, 3.8) is 0 Å². The first-order valence-electron chi connectivity index (χ1n) is 11.5. The van der Waals surface area contributed by atoms with Crippen molar-refractivity contribution < 1.29 is 22.4 Å². The first-order valence-corrected chi connectivity index (χ1v) is 13.4. The van der Waals surface area contributed by atoms with Gasteiger partial charge in [-0.2, -0.15) is 0 Å². The highest BCUT2D eigenvalue weighted by molar-refractivity contribution is 7.92. The summed E-state index contributed by atoms with van der Waals surface area (Å²) in [7, 11) is -3.83. The van der Waals surface area contributed by atoms with Crippen molar-refractivity contribution in [3.05, 3.63) is 66.0 Å². The number of nitrogens with zero attached hydrogens (tertiary/aromatic N) is 2. The van der Waals surface area contributed by atoms with Gasteiger partial charge in [0, 0.05) is 12.6 Å². The minimum absolute atomic E-state index is 0.104. The second kappa shape index (κ2) is 11.5. The van der Waals surface area contributed by atoms with E-state index in [1.165, 1.54) is 17.0 Å². The van der Waals surface area contributed by atoms with E-state index in [9.17, 15) is 22.4 Å². The quantitative estimate of drug-likeness (QED) is 0.556. The number of carbonyl (C=O) groups excluding carboxylic acids is 2. The van der Waals surface area contributed by atoms with Gasteiger partial charge in [-0.25, -0.2) is 12.8 Å². The average molecular weight is 490 g/mol. The summed E-state index contributed by atoms with van der Waals surface area (Å²) >= 11 is 0. The standard InChI is InChI=1S/C25H32FN3O4S/c1-19(25(31)27-22-10-6-7-11-22)28(17-16-20-8-4-3-5-9-20)24(30)18-29(34(2,32)33)23-14-12-21(26)13-15-23/h3-5,8-9,12-15,19,22H,6-7,10-11,16-18H2,1-2H3,(H,27,31). The van der Waals surface area contributed by atoms with Crippen LogP contribution in [-0.4, -0.2) is 56.6 Å². The normalized spacial score (nSPS) is 15.0. The zero-order valence-electron chi connectivity index (χ0n) is 19.6. The van der Waals surface area contributed by atoms with Gasteiger partial charge in [0.15, 0.2) is 0 Å². The number of carbonyl (C=O) groups is 2. The summed E-state index contributed by atoms with van der Waals surface area (Å²) in [6.45, 7) is 1.43. The second-order valence-corrected chi connectivity index (χ2v) is 10.6. The molecule has 1 fully saturated rings. The summed E-state index contributed by atoms with van der Waals surface area (Å²) < 4.78 is 39.3. The third-order valence-electron chi connectivity index (χ3n) is 6.15. The monoisotopic (exact) mass is 489 g/mol. The van der Waals surface area contributed by atoms with Gasteiger partial charge in [0.2, 0.25) is 21.8 Å². The molecule has 0 saturated heterocycles. The third-order valence-corrected chi connectivity index (χ3v) is 7.29. The van der Waals surface area contributed by atoms with Crippen molar-refractivity contribution >= 4 is 27.5 Å². The van der Waals surface area contributed by atoms with E-state index in [2.05, 4.69) is 5.32 Å². The number of anilines is 1. The molecule has 0 aliphatic heterocycles. The Labute approximate surface area is 201 Å². The van der Waals surface area contributed by atoms with Crippen LogP contribution < -0.4 is 9.62 Å². The van der Waals surface area contributed by atoms with Gasteiger partial charge < -0.3 is 10.2 Å². The molecular weight excluding hydrogens is 457 g/mol. The van der Waals surface area contributed by atoms with Crippen molar-refractivity contribution in [1.29, 1.82) is 0 Å². The van der Waals surface area contributed by atoms with Crippen LogP contribution in [0.3, 0.4) is 0 Å². The SMILES string of the molecule is CC(C(=O)NC1CCCC1)N(CCc1ccccc1)C(=O)CN(c1ccc(F)cc1)S(C)(=O)=O. The molecule has 3 rings (SSSR count). The Hall–Kier alpha value is -2.94. The van der Waals surface area contributed by atoms with E-state index in [4.69, 9.17) is 0 Å². The molecule has 1 atom stereocenters. The smallest absolute Gasteiger partial charge is 0.244 e. The average Bonchev–Trinajstić information content (AvgIpc) is 3.31. The molecule has 0 heterocycles. The summed E-state index contributed by atoms with van der Waals surface area (Å²) in [6.07, 6.45) is 5.48. The van der Waals surface area contributed by atoms with Gasteiger partial charge in [-0.15, -0.1) is 0 Å². The van der Waals surface area contributed by atoms with Crippen LogP contribution in [0.5, 0.6) is 0 Å². The van der Waals surface area contributed by atoms with Crippen molar-refractivity contribution in [3.8, 4) is 0 Å². The van der Waals surface area contributed by atoms with Crippen LogP contribution in [0.1, 0.15) is 38.2 Å². The van der Waals surface area contributed by atoms with Gasteiger partial charge in [-0.3, -0.25) is 13.9 Å². The maximum atomic E-state index is 13.4. The molecule has 0 aromatic heterocycles. The molecule has 2 amide bonds. The Morgan fingerprint density at radius 2 is 1.68 bits per heavy atom. The number of benzene rings is 2. The number of rotatable bonds is 10. The van der Waals surface area contributed by atoms with Crippen LogP contribution in [0.4, 0.5) is 10.1 Å². The van der Waals surface area contributed by atoms with E-state index >= 15 is 0 Å². The van der Waals surface area contributed by atoms with Crippen LogP contribution >= 0.6 is 0 Å². The van der Waals surface area contributed by atoms with Gasteiger partial charge >= 0.3 is 0 Å². The molecule has 1 unspecified atom stereocenters. The molecular formula is C25H32FN3O4S. The van der Waals surface area contributed by atoms with Crippen LogP contribution in [0.15, 0.2) is 54.6 Å². The van der Waals surface area contributed by atoms with E-state index in [0.717, 1.165) is 53.9 Å². The molecule has 1 aliphatic rings. The summed E-state index contributed by atoms with van der Waals surface area (Å²) in [5.41, 5.74) is 1.19. The number of nitrogens with one attached hydrogen (secondary N) is 1. The summed E-state index contributed by atoms with van der Waals surface area (Å²) in [5.74, 6) is -1.26. The van der Waals surface area contributed by atoms with Gasteiger partial charge in [0.25, 0.3) is 0 Å². The van der Waals surface area contributed by atoms with Gasteiger partial charge in [-0.1, -0.05) is 43.2 Å². The van der Waals surface area contributed by atoms with E-state index in [-0.39, 0.29) is 24.2 Å². The lowest BCUT2D eigenvalue weighted by Crippen LogP contribution is -2.53. The highest BCUT2D eigenvalue weighted by atomic mass is 32.2. The van der Waals surface area contributed by atoms with Gasteiger partial charge in [-0.05, 0) is 56.0 Å². The Kier molecular flexibility index (Phi) is 8.66. The summed E-state index contributed by atoms with van der Waals surface area (Å²) in [6, 6.07) is 13.8. The van der Waals surface area contributed by atoms with E-state index in [1.54, 1.807) is 6.92 Å². The number of halogens is 1. The lowest BCUT2D eigenvalue weighted by Gasteiger charge is -2.32. The molecule has 1 saturated carbocycles. The maximum Gasteiger partial charge on any atom is 0.244 e. The number of hydrogen-bond donors (Lipinski definition) is 1. The van der Waals surface area contributed by atoms with Crippen molar-refractivity contribution in [1.82, 2.24) is 10.2 Å². The van der Waals surface area contributed by atoms with Gasteiger partial charge in [0.1, 0.15) is 18.4 Å². The molecule has 7 nitrogen and oxygen atoms in total. The highest BCUT2D eigenvalue weighted by Crippen LogP contribution is 2.20. The van der Waals surface area contributed by atoms with Crippen molar-refractivity contribution in [2.75, 3.05) is 23.7 Å². The highest BCUT2D eigenvalue weighted by Gasteiger charge is 2.31. The molecule has 1 aliphatic carbocycles. The summed E-state index contributed by atoms with van der Waals surface area (Å²) in [5, 5.41) is 3.03. The van der Waals surface area contributed by atoms with Crippen molar-refractivity contribution in [2.24, 2.45) is 0 Å². The van der Waals surface area contributed by atoms with Gasteiger partial charge in [0.05, 0.1) is 11.9 Å². The lowest BCUT2D eigenvalue weighted by atomic mass is 10.1. The Morgan fingerprint density at radius 3 is 2.26 bits per heavy atom. The molecule has 0 spiro atoms. The summed E-state index contributed by atoms with van der Waals surface area (Å²) in [4.78, 5) is 27.8. The minimum atomic E-state index is -3.83. The van der Waals surface area contributed by atoms with Crippen LogP contribution in [-0.2, 0) is 26.0 Å². The van der Waals surface area contributed by atoms with E-state index in [0.29, 0.717) is 6.42 Å². The first-order chi connectivity index (χ1) is 16.1. The van der Waals surface area contributed by atoms with Crippen molar-refractivity contribution in [2.45, 2.75) is 51.1 Å². The first kappa shape index (κ1) is 25.7. The fourth-order valence-electron chi connectivity index (χ4n) is 4.18. The minimum Gasteiger partial charge on any atom is -0.352 e. The lowest BCUT2D eigenvalue weighted by molar-refractivity contribution is -0.139. The maximum absolute atomic E-state index is 13.4. The molecule has 184 valence electrons. The molecule has 0 radical (unpaired) electrons.